The molecule has 1 N–H and O–H groups in total. The van der Waals surface area contributed by atoms with Gasteiger partial charge in [0.1, 0.15) is 16.5 Å². The number of carbonyl (C=O) groups excluding carboxylic acids is 2. The number of amides is 2. The van der Waals surface area contributed by atoms with E-state index < -0.39 is 11.9 Å². The topological polar surface area (TPSA) is 81.1 Å². The van der Waals surface area contributed by atoms with Crippen LogP contribution in [0.3, 0.4) is 0 Å². The van der Waals surface area contributed by atoms with E-state index in [9.17, 15) is 14.4 Å². The third-order valence-corrected chi connectivity index (χ3v) is 3.03. The quantitative estimate of drug-likeness (QED) is 0.597. The molecule has 0 saturated carbocycles. The van der Waals surface area contributed by atoms with Gasteiger partial charge in [0, 0.05) is 12.5 Å². The van der Waals surface area contributed by atoms with E-state index >= 15 is 0 Å². The molecule has 2 heterocycles. The number of rotatable bonds is 1. The van der Waals surface area contributed by atoms with E-state index in [0.29, 0.717) is 16.8 Å². The van der Waals surface area contributed by atoms with Crippen molar-refractivity contribution in [1.82, 2.24) is 14.9 Å². The number of hydrogen-bond acceptors (Lipinski definition) is 4. The molecule has 17 heavy (non-hydrogen) atoms. The van der Waals surface area contributed by atoms with Crippen molar-refractivity contribution in [2.24, 2.45) is 0 Å². The molecular formula is C10H10BrN3O3. The first-order valence-corrected chi connectivity index (χ1v) is 5.87. The number of imide groups is 1. The minimum atomic E-state index is -0.652. The summed E-state index contributed by atoms with van der Waals surface area (Å²) in [5.74, 6) is -0.309. The van der Waals surface area contributed by atoms with E-state index in [-0.39, 0.29) is 17.9 Å². The van der Waals surface area contributed by atoms with E-state index in [1.807, 2.05) is 0 Å². The molecule has 1 unspecified atom stereocenters. The summed E-state index contributed by atoms with van der Waals surface area (Å²) in [6.07, 6.45) is 0.563. The number of nitrogens with one attached hydrogen (secondary N) is 1. The van der Waals surface area contributed by atoms with Crippen LogP contribution in [0.5, 0.6) is 0 Å². The Morgan fingerprint density at radius 2 is 2.18 bits per heavy atom. The van der Waals surface area contributed by atoms with Crippen molar-refractivity contribution in [3.05, 3.63) is 26.8 Å². The van der Waals surface area contributed by atoms with Gasteiger partial charge in [-0.15, -0.1) is 0 Å². The maximum absolute atomic E-state index is 11.8. The maximum Gasteiger partial charge on any atom is 0.255 e. The van der Waals surface area contributed by atoms with Crippen LogP contribution in [0.4, 0.5) is 0 Å². The van der Waals surface area contributed by atoms with Crippen LogP contribution in [0, 0.1) is 6.92 Å². The SMILES string of the molecule is Cc1nc(Br)cc(=O)n1C1CCC(=O)NC1=O. The molecule has 6 nitrogen and oxygen atoms in total. The van der Waals surface area contributed by atoms with Gasteiger partial charge in [-0.05, 0) is 29.3 Å². The molecular weight excluding hydrogens is 290 g/mol. The molecule has 1 fully saturated rings. The first kappa shape index (κ1) is 12.0. The van der Waals surface area contributed by atoms with Crippen molar-refractivity contribution in [3.63, 3.8) is 0 Å². The van der Waals surface area contributed by atoms with Crippen LogP contribution in [-0.2, 0) is 9.59 Å². The fourth-order valence-corrected chi connectivity index (χ4v) is 2.33. The molecule has 1 aromatic rings. The highest BCUT2D eigenvalue weighted by atomic mass is 79.9. The molecule has 1 aromatic heterocycles. The number of carbonyl (C=O) groups is 2. The van der Waals surface area contributed by atoms with Gasteiger partial charge in [0.05, 0.1) is 0 Å². The van der Waals surface area contributed by atoms with Crippen LogP contribution in [0.2, 0.25) is 0 Å². The summed E-state index contributed by atoms with van der Waals surface area (Å²) < 4.78 is 1.75. The lowest BCUT2D eigenvalue weighted by Crippen LogP contribution is -2.45. The largest absolute Gasteiger partial charge is 0.295 e. The fourth-order valence-electron chi connectivity index (χ4n) is 1.88. The average Bonchev–Trinajstić information content (AvgIpc) is 2.19. The first-order valence-electron chi connectivity index (χ1n) is 5.08. The standard InChI is InChI=1S/C10H10BrN3O3/c1-5-12-7(11)4-9(16)14(5)6-2-3-8(15)13-10(6)17/h4,6H,2-3H2,1H3,(H,13,15,17). The predicted molar refractivity (Wildman–Crippen MR) is 62.4 cm³/mol. The van der Waals surface area contributed by atoms with Crippen LogP contribution in [0.1, 0.15) is 24.7 Å². The lowest BCUT2D eigenvalue weighted by atomic mass is 10.1. The van der Waals surface area contributed by atoms with Gasteiger partial charge < -0.3 is 0 Å². The highest BCUT2D eigenvalue weighted by Crippen LogP contribution is 2.18. The van der Waals surface area contributed by atoms with Crippen LogP contribution in [0.15, 0.2) is 15.5 Å². The Labute approximate surface area is 105 Å². The van der Waals surface area contributed by atoms with E-state index in [1.165, 1.54) is 10.6 Å². The van der Waals surface area contributed by atoms with E-state index in [4.69, 9.17) is 0 Å². The normalized spacial score (nSPS) is 20.2. The van der Waals surface area contributed by atoms with Crippen LogP contribution in [-0.4, -0.2) is 21.4 Å². The van der Waals surface area contributed by atoms with E-state index in [0.717, 1.165) is 0 Å². The second kappa shape index (κ2) is 4.40. The summed E-state index contributed by atoms with van der Waals surface area (Å²) in [7, 11) is 0. The Hall–Kier alpha value is -1.50. The fraction of sp³-hybridized carbons (Fsp3) is 0.400. The molecule has 7 heteroatoms. The van der Waals surface area contributed by atoms with Gasteiger partial charge in [0.25, 0.3) is 5.56 Å². The highest BCUT2D eigenvalue weighted by Gasteiger charge is 2.29. The van der Waals surface area contributed by atoms with Gasteiger partial charge in [-0.3, -0.25) is 24.3 Å². The van der Waals surface area contributed by atoms with Crippen molar-refractivity contribution in [3.8, 4) is 0 Å². The van der Waals surface area contributed by atoms with Gasteiger partial charge in [-0.2, -0.15) is 0 Å². The summed E-state index contributed by atoms with van der Waals surface area (Å²) in [6.45, 7) is 1.65. The van der Waals surface area contributed by atoms with Crippen molar-refractivity contribution >= 4 is 27.7 Å². The van der Waals surface area contributed by atoms with Crippen molar-refractivity contribution in [2.45, 2.75) is 25.8 Å². The summed E-state index contributed by atoms with van der Waals surface area (Å²) >= 11 is 3.12. The molecule has 2 amide bonds. The molecule has 0 bridgehead atoms. The monoisotopic (exact) mass is 299 g/mol. The predicted octanol–water partition coefficient (Wildman–Crippen LogP) is 0.292. The molecule has 0 aliphatic carbocycles. The molecule has 0 radical (unpaired) electrons. The smallest absolute Gasteiger partial charge is 0.255 e. The number of aromatic nitrogens is 2. The van der Waals surface area contributed by atoms with Gasteiger partial charge in [-0.25, -0.2) is 4.98 Å². The van der Waals surface area contributed by atoms with Gasteiger partial charge in [0.2, 0.25) is 11.8 Å². The average molecular weight is 300 g/mol. The van der Waals surface area contributed by atoms with Gasteiger partial charge in [0.15, 0.2) is 0 Å². The Morgan fingerprint density at radius 1 is 1.47 bits per heavy atom. The zero-order chi connectivity index (χ0) is 12.6. The van der Waals surface area contributed by atoms with Crippen LogP contribution >= 0.6 is 15.9 Å². The van der Waals surface area contributed by atoms with Gasteiger partial charge in [-0.1, -0.05) is 0 Å². The number of hydrogen-bond donors (Lipinski definition) is 1. The summed E-state index contributed by atoms with van der Waals surface area (Å²) in [5.41, 5.74) is -0.307. The Morgan fingerprint density at radius 3 is 2.76 bits per heavy atom. The minimum absolute atomic E-state index is 0.234. The highest BCUT2D eigenvalue weighted by molar-refractivity contribution is 9.10. The Balaban J connectivity index is 2.44. The summed E-state index contributed by atoms with van der Waals surface area (Å²) in [5, 5.41) is 2.22. The van der Waals surface area contributed by atoms with Crippen molar-refractivity contribution in [2.75, 3.05) is 0 Å². The summed E-state index contributed by atoms with van der Waals surface area (Å²) in [4.78, 5) is 38.6. The second-order valence-corrected chi connectivity index (χ2v) is 4.61. The second-order valence-electron chi connectivity index (χ2n) is 3.80. The molecule has 1 aliphatic heterocycles. The minimum Gasteiger partial charge on any atom is -0.295 e. The maximum atomic E-state index is 11.8. The lowest BCUT2D eigenvalue weighted by molar-refractivity contribution is -0.135. The molecule has 2 rings (SSSR count). The molecule has 1 atom stereocenters. The molecule has 1 aliphatic rings. The molecule has 1 saturated heterocycles. The zero-order valence-electron chi connectivity index (χ0n) is 9.07. The van der Waals surface area contributed by atoms with Crippen LogP contribution in [0.25, 0.3) is 0 Å². The number of piperidine rings is 1. The number of aryl methyl sites for hydroxylation is 1. The third kappa shape index (κ3) is 2.28. The number of halogens is 1. The van der Waals surface area contributed by atoms with Crippen LogP contribution < -0.4 is 10.9 Å². The van der Waals surface area contributed by atoms with Crippen molar-refractivity contribution in [1.29, 1.82) is 0 Å². The lowest BCUT2D eigenvalue weighted by Gasteiger charge is -2.23. The van der Waals surface area contributed by atoms with E-state index in [2.05, 4.69) is 26.2 Å². The van der Waals surface area contributed by atoms with E-state index in [1.54, 1.807) is 6.92 Å². The zero-order valence-corrected chi connectivity index (χ0v) is 10.7. The molecule has 90 valence electrons. The third-order valence-electron chi connectivity index (χ3n) is 2.62. The first-order chi connectivity index (χ1) is 7.99. The number of nitrogens with zero attached hydrogens (tertiary/aromatic N) is 2. The Kier molecular flexibility index (Phi) is 3.10. The van der Waals surface area contributed by atoms with Crippen molar-refractivity contribution < 1.29 is 9.59 Å². The van der Waals surface area contributed by atoms with Gasteiger partial charge >= 0.3 is 0 Å². The Bertz CT molecular complexity index is 552. The molecule has 0 aromatic carbocycles. The molecule has 0 spiro atoms. The summed E-state index contributed by atoms with van der Waals surface area (Å²) in [6, 6.07) is 0.650.